The Morgan fingerprint density at radius 3 is 2.67 bits per heavy atom. The number of hydrogen-bond acceptors (Lipinski definition) is 2. The summed E-state index contributed by atoms with van der Waals surface area (Å²) in [6.07, 6.45) is -2.78. The topological polar surface area (TPSA) is 38.1 Å². The molecule has 0 spiro atoms. The number of hydrogen-bond donors (Lipinski definition) is 1. The lowest BCUT2D eigenvalue weighted by atomic mass is 10.2. The molecule has 0 saturated heterocycles. The molecule has 3 nitrogen and oxygen atoms in total. The van der Waals surface area contributed by atoms with Crippen LogP contribution in [0.15, 0.2) is 28.7 Å². The fourth-order valence-corrected chi connectivity index (χ4v) is 2.23. The van der Waals surface area contributed by atoms with Gasteiger partial charge in [-0.05, 0) is 18.2 Å². The van der Waals surface area contributed by atoms with Crippen molar-refractivity contribution in [2.45, 2.75) is 13.0 Å². The first-order valence-electron chi connectivity index (χ1n) is 4.97. The summed E-state index contributed by atoms with van der Waals surface area (Å²) in [5.74, 6) is 0. The average Bonchev–Trinajstić information content (AvgIpc) is 2.66. The van der Waals surface area contributed by atoms with E-state index in [1.807, 2.05) is 0 Å². The Hall–Kier alpha value is -0.980. The predicted octanol–water partition coefficient (Wildman–Crippen LogP) is 3.72. The van der Waals surface area contributed by atoms with Gasteiger partial charge < -0.3 is 5.11 Å². The van der Waals surface area contributed by atoms with Gasteiger partial charge in [-0.1, -0.05) is 33.6 Å². The van der Waals surface area contributed by atoms with Gasteiger partial charge >= 0.3 is 0 Å². The van der Waals surface area contributed by atoms with Gasteiger partial charge in [-0.25, -0.2) is 13.5 Å². The highest BCUT2D eigenvalue weighted by molar-refractivity contribution is 9.10. The molecule has 7 heteroatoms. The third-order valence-electron chi connectivity index (χ3n) is 2.37. The van der Waals surface area contributed by atoms with E-state index in [1.165, 1.54) is 4.68 Å². The van der Waals surface area contributed by atoms with E-state index in [1.54, 1.807) is 24.3 Å². The van der Waals surface area contributed by atoms with E-state index < -0.39 is 18.7 Å². The van der Waals surface area contributed by atoms with Crippen molar-refractivity contribution in [2.24, 2.45) is 0 Å². The molecule has 0 aliphatic carbocycles. The van der Waals surface area contributed by atoms with Crippen molar-refractivity contribution in [2.75, 3.05) is 0 Å². The van der Waals surface area contributed by atoms with Crippen LogP contribution in [0.1, 0.15) is 17.7 Å². The highest BCUT2D eigenvalue weighted by Crippen LogP contribution is 2.30. The summed E-state index contributed by atoms with van der Waals surface area (Å²) < 4.78 is 27.4. The van der Waals surface area contributed by atoms with Gasteiger partial charge in [-0.15, -0.1) is 0 Å². The lowest BCUT2D eigenvalue weighted by Crippen LogP contribution is -1.97. The first-order valence-corrected chi connectivity index (χ1v) is 6.14. The highest BCUT2D eigenvalue weighted by Gasteiger charge is 2.23. The van der Waals surface area contributed by atoms with Gasteiger partial charge in [0.15, 0.2) is 0 Å². The van der Waals surface area contributed by atoms with Gasteiger partial charge in [0.25, 0.3) is 6.43 Å². The molecule has 1 aromatic heterocycles. The fourth-order valence-electron chi connectivity index (χ4n) is 1.55. The van der Waals surface area contributed by atoms with Crippen molar-refractivity contribution in [1.29, 1.82) is 0 Å². The zero-order chi connectivity index (χ0) is 13.3. The Labute approximate surface area is 115 Å². The van der Waals surface area contributed by atoms with Crippen LogP contribution in [0.4, 0.5) is 8.78 Å². The molecule has 2 rings (SSSR count). The van der Waals surface area contributed by atoms with Gasteiger partial charge in [0.2, 0.25) is 0 Å². The molecule has 0 radical (unpaired) electrons. The van der Waals surface area contributed by atoms with E-state index in [9.17, 15) is 8.78 Å². The van der Waals surface area contributed by atoms with Crippen LogP contribution in [0.3, 0.4) is 0 Å². The maximum absolute atomic E-state index is 12.7. The molecule has 1 N–H and O–H groups in total. The first kappa shape index (κ1) is 13.5. The minimum Gasteiger partial charge on any atom is -0.391 e. The van der Waals surface area contributed by atoms with Crippen LogP contribution in [0.5, 0.6) is 0 Å². The van der Waals surface area contributed by atoms with Crippen molar-refractivity contribution in [3.8, 4) is 5.69 Å². The number of aliphatic hydroxyl groups is 1. The number of nitrogens with zero attached hydrogens (tertiary/aromatic N) is 2. The second-order valence-corrected chi connectivity index (χ2v) is 4.78. The quantitative estimate of drug-likeness (QED) is 0.927. The minimum atomic E-state index is -2.78. The summed E-state index contributed by atoms with van der Waals surface area (Å²) in [6.45, 7) is -0.577. The van der Waals surface area contributed by atoms with Crippen LogP contribution >= 0.6 is 27.5 Å². The molecule has 0 unspecified atom stereocenters. The van der Waals surface area contributed by atoms with E-state index in [4.69, 9.17) is 16.7 Å². The Bertz CT molecular complexity index is 574. The second-order valence-electron chi connectivity index (χ2n) is 3.51. The summed E-state index contributed by atoms with van der Waals surface area (Å²) in [5, 5.41) is 12.8. The van der Waals surface area contributed by atoms with Crippen LogP contribution in [-0.4, -0.2) is 14.9 Å². The smallest absolute Gasteiger partial charge is 0.282 e. The van der Waals surface area contributed by atoms with Gasteiger partial charge in [-0.3, -0.25) is 0 Å². The molecule has 0 saturated carbocycles. The molecule has 0 aliphatic rings. The molecular weight excluding hydrogens is 329 g/mol. The summed E-state index contributed by atoms with van der Waals surface area (Å²) >= 11 is 9.23. The number of alkyl halides is 2. The van der Waals surface area contributed by atoms with Gasteiger partial charge in [-0.2, -0.15) is 5.10 Å². The largest absolute Gasteiger partial charge is 0.391 e. The summed E-state index contributed by atoms with van der Waals surface area (Å²) in [7, 11) is 0. The molecule has 0 fully saturated rings. The summed E-state index contributed by atoms with van der Waals surface area (Å²) in [5.41, 5.74) is -0.00917. The number of halogens is 4. The molecule has 0 bridgehead atoms. The van der Waals surface area contributed by atoms with Crippen LogP contribution in [0.2, 0.25) is 5.15 Å². The first-order chi connectivity index (χ1) is 8.54. The van der Waals surface area contributed by atoms with Gasteiger partial charge in [0.05, 0.1) is 12.3 Å². The molecule has 0 amide bonds. The number of rotatable bonds is 3. The lowest BCUT2D eigenvalue weighted by molar-refractivity contribution is 0.141. The van der Waals surface area contributed by atoms with Crippen LogP contribution < -0.4 is 0 Å². The highest BCUT2D eigenvalue weighted by atomic mass is 79.9. The maximum atomic E-state index is 12.7. The zero-order valence-corrected chi connectivity index (χ0v) is 11.3. The normalized spacial score (nSPS) is 11.2. The molecule has 18 heavy (non-hydrogen) atoms. The summed E-state index contributed by atoms with van der Waals surface area (Å²) in [4.78, 5) is 0. The van der Waals surface area contributed by atoms with Crippen molar-refractivity contribution < 1.29 is 13.9 Å². The van der Waals surface area contributed by atoms with Crippen molar-refractivity contribution >= 4 is 27.5 Å². The molecular formula is C11H8BrClF2N2O. The Balaban J connectivity index is 2.59. The third kappa shape index (κ3) is 2.41. The van der Waals surface area contributed by atoms with E-state index >= 15 is 0 Å². The molecule has 2 aromatic rings. The Morgan fingerprint density at radius 2 is 2.17 bits per heavy atom. The van der Waals surface area contributed by atoms with E-state index in [0.29, 0.717) is 5.69 Å². The zero-order valence-electron chi connectivity index (χ0n) is 8.95. The Morgan fingerprint density at radius 1 is 1.44 bits per heavy atom. The fraction of sp³-hybridized carbons (Fsp3) is 0.182. The van der Waals surface area contributed by atoms with Crippen molar-refractivity contribution in [1.82, 2.24) is 9.78 Å². The number of aromatic nitrogens is 2. The van der Waals surface area contributed by atoms with Crippen molar-refractivity contribution in [3.63, 3.8) is 0 Å². The summed E-state index contributed by atoms with van der Waals surface area (Å²) in [6, 6.07) is 6.90. The average molecular weight is 338 g/mol. The van der Waals surface area contributed by atoms with Crippen LogP contribution in [0, 0.1) is 0 Å². The molecule has 1 aromatic carbocycles. The van der Waals surface area contributed by atoms with E-state index in [0.717, 1.165) is 4.47 Å². The number of benzene rings is 1. The minimum absolute atomic E-state index is 0.00843. The van der Waals surface area contributed by atoms with Crippen LogP contribution in [0.25, 0.3) is 5.69 Å². The second kappa shape index (κ2) is 5.34. The lowest BCUT2D eigenvalue weighted by Gasteiger charge is -2.03. The van der Waals surface area contributed by atoms with Gasteiger partial charge in [0, 0.05) is 10.0 Å². The molecule has 0 aliphatic heterocycles. The van der Waals surface area contributed by atoms with E-state index in [-0.39, 0.29) is 10.7 Å². The van der Waals surface area contributed by atoms with Crippen molar-refractivity contribution in [3.05, 3.63) is 45.1 Å². The maximum Gasteiger partial charge on any atom is 0.282 e. The molecule has 1 heterocycles. The number of aliphatic hydroxyl groups excluding tert-OH is 1. The van der Waals surface area contributed by atoms with Gasteiger partial charge in [0.1, 0.15) is 10.8 Å². The SMILES string of the molecule is OCc1c(C(F)F)nn(-c2cccc(Br)c2)c1Cl. The standard InChI is InChI=1S/C11H8BrClF2N2O/c12-6-2-1-3-7(4-6)17-10(13)8(5-18)9(16-17)11(14)15/h1-4,11,18H,5H2. The predicted molar refractivity (Wildman–Crippen MR) is 67.2 cm³/mol. The Kier molecular flexibility index (Phi) is 3.99. The van der Waals surface area contributed by atoms with E-state index in [2.05, 4.69) is 21.0 Å². The third-order valence-corrected chi connectivity index (χ3v) is 3.25. The molecule has 96 valence electrons. The monoisotopic (exact) mass is 336 g/mol. The van der Waals surface area contributed by atoms with Crippen LogP contribution in [-0.2, 0) is 6.61 Å². The molecule has 0 atom stereocenters.